The van der Waals surface area contributed by atoms with E-state index in [1.54, 1.807) is 35.3 Å². The minimum Gasteiger partial charge on any atom is -0.399 e. The minimum absolute atomic E-state index is 0.206. The third kappa shape index (κ3) is 3.08. The van der Waals surface area contributed by atoms with Crippen LogP contribution in [0.4, 0.5) is 5.69 Å². The second-order valence-corrected chi connectivity index (χ2v) is 5.50. The second kappa shape index (κ2) is 5.19. The maximum atomic E-state index is 11.9. The molecule has 1 aromatic carbocycles. The molecule has 1 aromatic heterocycles. The first-order chi connectivity index (χ1) is 8.58. The smallest absolute Gasteiger partial charge is 0.240 e. The number of nitrogen functional groups attached to an aromatic ring is 1. The third-order valence-corrected chi connectivity index (χ3v) is 3.86. The average molecular weight is 266 g/mol. The number of benzene rings is 1. The Labute approximate surface area is 105 Å². The van der Waals surface area contributed by atoms with Gasteiger partial charge in [-0.15, -0.1) is 0 Å². The van der Waals surface area contributed by atoms with Gasteiger partial charge in [-0.3, -0.25) is 4.68 Å². The number of nitrogens with zero attached hydrogens (tertiary/aromatic N) is 2. The maximum Gasteiger partial charge on any atom is 0.240 e. The summed E-state index contributed by atoms with van der Waals surface area (Å²) in [5.74, 6) is 0. The lowest BCUT2D eigenvalue weighted by molar-refractivity contribution is 0.561. The van der Waals surface area contributed by atoms with Gasteiger partial charge in [0.2, 0.25) is 10.0 Å². The van der Waals surface area contributed by atoms with Crippen LogP contribution in [-0.2, 0) is 16.6 Å². The van der Waals surface area contributed by atoms with Crippen molar-refractivity contribution in [1.29, 1.82) is 0 Å². The number of sulfonamides is 1. The molecular weight excluding hydrogens is 252 g/mol. The SMILES string of the molecule is Nc1ccc(S(=O)(=O)NCCn2cccn2)cc1. The van der Waals surface area contributed by atoms with E-state index >= 15 is 0 Å². The molecule has 2 aromatic rings. The highest BCUT2D eigenvalue weighted by atomic mass is 32.2. The summed E-state index contributed by atoms with van der Waals surface area (Å²) in [4.78, 5) is 0.206. The Hall–Kier alpha value is -1.86. The number of aromatic nitrogens is 2. The van der Waals surface area contributed by atoms with Crippen molar-refractivity contribution in [2.24, 2.45) is 0 Å². The normalized spacial score (nSPS) is 11.6. The predicted molar refractivity (Wildman–Crippen MR) is 68.3 cm³/mol. The molecular formula is C11H14N4O2S. The molecule has 2 rings (SSSR count). The number of hydrogen-bond donors (Lipinski definition) is 2. The fourth-order valence-electron chi connectivity index (χ4n) is 1.46. The third-order valence-electron chi connectivity index (χ3n) is 2.38. The predicted octanol–water partition coefficient (Wildman–Crippen LogP) is 0.444. The van der Waals surface area contributed by atoms with E-state index in [1.807, 2.05) is 0 Å². The summed E-state index contributed by atoms with van der Waals surface area (Å²) in [6, 6.07) is 7.86. The molecule has 0 amide bonds. The number of nitrogens with two attached hydrogens (primary N) is 1. The van der Waals surface area contributed by atoms with Crippen LogP contribution in [0, 0.1) is 0 Å². The zero-order chi connectivity index (χ0) is 13.0. The Morgan fingerprint density at radius 1 is 1.28 bits per heavy atom. The summed E-state index contributed by atoms with van der Waals surface area (Å²) in [6.45, 7) is 0.773. The van der Waals surface area contributed by atoms with E-state index in [9.17, 15) is 8.42 Å². The number of rotatable bonds is 5. The van der Waals surface area contributed by atoms with Crippen LogP contribution in [0.3, 0.4) is 0 Å². The van der Waals surface area contributed by atoms with Crippen LogP contribution >= 0.6 is 0 Å². The van der Waals surface area contributed by atoms with Gasteiger partial charge < -0.3 is 5.73 Å². The summed E-state index contributed by atoms with van der Waals surface area (Å²) in [5.41, 5.74) is 6.04. The molecule has 0 spiro atoms. The van der Waals surface area contributed by atoms with Gasteiger partial charge in [0.05, 0.1) is 11.4 Å². The van der Waals surface area contributed by atoms with E-state index < -0.39 is 10.0 Å². The zero-order valence-electron chi connectivity index (χ0n) is 9.65. The van der Waals surface area contributed by atoms with Gasteiger partial charge in [-0.2, -0.15) is 5.10 Å². The van der Waals surface area contributed by atoms with Crippen molar-refractivity contribution in [3.8, 4) is 0 Å². The Bertz CT molecular complexity index is 590. The molecule has 18 heavy (non-hydrogen) atoms. The van der Waals surface area contributed by atoms with E-state index in [0.29, 0.717) is 12.2 Å². The van der Waals surface area contributed by atoms with E-state index in [1.165, 1.54) is 12.1 Å². The van der Waals surface area contributed by atoms with Gasteiger partial charge in [0.1, 0.15) is 0 Å². The monoisotopic (exact) mass is 266 g/mol. The summed E-state index contributed by atoms with van der Waals surface area (Å²) in [6.07, 6.45) is 3.42. The Morgan fingerprint density at radius 3 is 2.61 bits per heavy atom. The molecule has 0 saturated heterocycles. The van der Waals surface area contributed by atoms with Crippen molar-refractivity contribution in [1.82, 2.24) is 14.5 Å². The average Bonchev–Trinajstić information content (AvgIpc) is 2.82. The first kappa shape index (κ1) is 12.6. The van der Waals surface area contributed by atoms with Crippen molar-refractivity contribution in [3.63, 3.8) is 0 Å². The molecule has 0 fully saturated rings. The summed E-state index contributed by atoms with van der Waals surface area (Å²) < 4.78 is 27.9. The molecule has 1 heterocycles. The van der Waals surface area contributed by atoms with Crippen LogP contribution in [0.1, 0.15) is 0 Å². The van der Waals surface area contributed by atoms with Gasteiger partial charge in [0.25, 0.3) is 0 Å². The van der Waals surface area contributed by atoms with Gasteiger partial charge >= 0.3 is 0 Å². The van der Waals surface area contributed by atoms with Crippen molar-refractivity contribution in [2.75, 3.05) is 12.3 Å². The summed E-state index contributed by atoms with van der Waals surface area (Å²) in [7, 11) is -3.48. The van der Waals surface area contributed by atoms with Crippen LogP contribution in [0.2, 0.25) is 0 Å². The number of nitrogens with one attached hydrogen (secondary N) is 1. The lowest BCUT2D eigenvalue weighted by Crippen LogP contribution is -2.27. The molecule has 96 valence electrons. The molecule has 7 heteroatoms. The van der Waals surface area contributed by atoms with Gasteiger partial charge in [-0.1, -0.05) is 0 Å². The largest absolute Gasteiger partial charge is 0.399 e. The Kier molecular flexibility index (Phi) is 3.63. The Morgan fingerprint density at radius 2 is 2.00 bits per heavy atom. The molecule has 0 aliphatic rings. The van der Waals surface area contributed by atoms with E-state index in [0.717, 1.165) is 0 Å². The van der Waals surface area contributed by atoms with Gasteiger partial charge in [0, 0.05) is 24.6 Å². The van der Waals surface area contributed by atoms with E-state index in [4.69, 9.17) is 5.73 Å². The second-order valence-electron chi connectivity index (χ2n) is 3.74. The highest BCUT2D eigenvalue weighted by Gasteiger charge is 2.12. The Balaban J connectivity index is 1.97. The van der Waals surface area contributed by atoms with Crippen LogP contribution in [0.15, 0.2) is 47.6 Å². The lowest BCUT2D eigenvalue weighted by atomic mass is 10.3. The highest BCUT2D eigenvalue weighted by Crippen LogP contribution is 2.10. The maximum absolute atomic E-state index is 11.9. The lowest BCUT2D eigenvalue weighted by Gasteiger charge is -2.07. The fourth-order valence-corrected chi connectivity index (χ4v) is 2.48. The summed E-state index contributed by atoms with van der Waals surface area (Å²) in [5, 5.41) is 3.99. The van der Waals surface area contributed by atoms with Crippen molar-refractivity contribution < 1.29 is 8.42 Å². The van der Waals surface area contributed by atoms with Crippen molar-refractivity contribution in [3.05, 3.63) is 42.7 Å². The molecule has 0 aliphatic carbocycles. The molecule has 0 unspecified atom stereocenters. The van der Waals surface area contributed by atoms with Crippen LogP contribution < -0.4 is 10.5 Å². The van der Waals surface area contributed by atoms with Crippen molar-refractivity contribution >= 4 is 15.7 Å². The topological polar surface area (TPSA) is 90.0 Å². The summed E-state index contributed by atoms with van der Waals surface area (Å²) >= 11 is 0. The van der Waals surface area contributed by atoms with E-state index in [2.05, 4.69) is 9.82 Å². The highest BCUT2D eigenvalue weighted by molar-refractivity contribution is 7.89. The molecule has 0 aliphatic heterocycles. The fraction of sp³-hybridized carbons (Fsp3) is 0.182. The molecule has 0 atom stereocenters. The first-order valence-corrected chi connectivity index (χ1v) is 6.89. The van der Waals surface area contributed by atoms with Crippen molar-refractivity contribution in [2.45, 2.75) is 11.4 Å². The minimum atomic E-state index is -3.48. The first-order valence-electron chi connectivity index (χ1n) is 5.40. The molecule has 6 nitrogen and oxygen atoms in total. The molecule has 3 N–H and O–H groups in total. The van der Waals surface area contributed by atoms with Gasteiger partial charge in [0.15, 0.2) is 0 Å². The number of anilines is 1. The molecule has 0 saturated carbocycles. The van der Waals surface area contributed by atoms with E-state index in [-0.39, 0.29) is 11.4 Å². The molecule has 0 radical (unpaired) electrons. The van der Waals surface area contributed by atoms with Gasteiger partial charge in [-0.25, -0.2) is 13.1 Å². The van der Waals surface area contributed by atoms with Gasteiger partial charge in [-0.05, 0) is 30.3 Å². The number of hydrogen-bond acceptors (Lipinski definition) is 4. The quantitative estimate of drug-likeness (QED) is 0.769. The standard InChI is InChI=1S/C11H14N4O2S/c12-10-2-4-11(5-3-10)18(16,17)14-7-9-15-8-1-6-13-15/h1-6,8,14H,7,9,12H2. The zero-order valence-corrected chi connectivity index (χ0v) is 10.5. The van der Waals surface area contributed by atoms with Crippen LogP contribution in [-0.4, -0.2) is 24.7 Å². The van der Waals surface area contributed by atoms with Crippen LogP contribution in [0.25, 0.3) is 0 Å². The molecule has 0 bridgehead atoms. The van der Waals surface area contributed by atoms with Crippen LogP contribution in [0.5, 0.6) is 0 Å².